The van der Waals surface area contributed by atoms with Gasteiger partial charge < -0.3 is 19.6 Å². The van der Waals surface area contributed by atoms with E-state index in [-0.39, 0.29) is 18.2 Å². The molecule has 5 nitrogen and oxygen atoms in total. The van der Waals surface area contributed by atoms with Crippen molar-refractivity contribution in [2.24, 2.45) is 0 Å². The van der Waals surface area contributed by atoms with E-state index in [1.807, 2.05) is 42.7 Å². The lowest BCUT2D eigenvalue weighted by molar-refractivity contribution is 0.0891. The Hall–Kier alpha value is -2.44. The molecule has 1 aromatic heterocycles. The van der Waals surface area contributed by atoms with Crippen LogP contribution in [0.1, 0.15) is 22.2 Å². The van der Waals surface area contributed by atoms with E-state index in [0.29, 0.717) is 11.3 Å². The molecular formula is C19H19NO4S. The van der Waals surface area contributed by atoms with Crippen LogP contribution in [0, 0.1) is 0 Å². The van der Waals surface area contributed by atoms with Gasteiger partial charge in [-0.25, -0.2) is 0 Å². The first-order chi connectivity index (χ1) is 12.1. The third kappa shape index (κ3) is 3.81. The second-order valence-electron chi connectivity index (χ2n) is 5.49. The van der Waals surface area contributed by atoms with E-state index >= 15 is 0 Å². The number of para-hydroxylation sites is 1. The predicted octanol–water partition coefficient (Wildman–Crippen LogP) is 3.63. The van der Waals surface area contributed by atoms with Crippen molar-refractivity contribution in [2.75, 3.05) is 19.9 Å². The summed E-state index contributed by atoms with van der Waals surface area (Å²) in [7, 11) is 1.55. The zero-order valence-electron chi connectivity index (χ0n) is 14.0. The zero-order chi connectivity index (χ0) is 17.8. The first kappa shape index (κ1) is 17.4. The number of benzene rings is 2. The number of nitrogens with one attached hydrogen (secondary N) is 1. The molecule has 0 bridgehead atoms. The van der Waals surface area contributed by atoms with Crippen molar-refractivity contribution in [2.45, 2.75) is 11.0 Å². The van der Waals surface area contributed by atoms with Crippen molar-refractivity contribution in [3.63, 3.8) is 0 Å². The van der Waals surface area contributed by atoms with Gasteiger partial charge in [0.25, 0.3) is 5.91 Å². The quantitative estimate of drug-likeness (QED) is 0.659. The molecule has 1 heterocycles. The number of methoxy groups -OCH3 is 1. The molecule has 0 fully saturated rings. The van der Waals surface area contributed by atoms with Crippen LogP contribution in [0.3, 0.4) is 0 Å². The van der Waals surface area contributed by atoms with Crippen LogP contribution in [-0.4, -0.2) is 30.9 Å². The third-order valence-electron chi connectivity index (χ3n) is 3.91. The van der Waals surface area contributed by atoms with Crippen LogP contribution in [0.2, 0.25) is 0 Å². The van der Waals surface area contributed by atoms with Crippen molar-refractivity contribution in [1.29, 1.82) is 0 Å². The number of aliphatic hydroxyl groups excluding tert-OH is 1. The highest BCUT2D eigenvalue weighted by Gasteiger charge is 2.16. The predicted molar refractivity (Wildman–Crippen MR) is 98.3 cm³/mol. The molecule has 1 amide bonds. The van der Waals surface area contributed by atoms with Gasteiger partial charge in [-0.1, -0.05) is 24.3 Å². The average molecular weight is 357 g/mol. The number of thioether (sulfide) groups is 1. The molecule has 25 heavy (non-hydrogen) atoms. The van der Waals surface area contributed by atoms with Crippen LogP contribution in [0.25, 0.3) is 11.0 Å². The minimum Gasteiger partial charge on any atom is -0.493 e. The van der Waals surface area contributed by atoms with Gasteiger partial charge in [0.2, 0.25) is 0 Å². The van der Waals surface area contributed by atoms with Gasteiger partial charge in [0.15, 0.2) is 17.1 Å². The van der Waals surface area contributed by atoms with Crippen molar-refractivity contribution >= 4 is 28.6 Å². The molecule has 2 aromatic carbocycles. The number of carbonyl (C=O) groups excluding carboxylic acids is 1. The van der Waals surface area contributed by atoms with E-state index in [2.05, 4.69) is 5.32 Å². The first-order valence-corrected chi connectivity index (χ1v) is 9.01. The summed E-state index contributed by atoms with van der Waals surface area (Å²) in [5.74, 6) is 0.382. The van der Waals surface area contributed by atoms with Crippen LogP contribution in [0.4, 0.5) is 0 Å². The fraction of sp³-hybridized carbons (Fsp3) is 0.211. The molecule has 0 radical (unpaired) electrons. The van der Waals surface area contributed by atoms with Gasteiger partial charge in [-0.2, -0.15) is 0 Å². The Morgan fingerprint density at radius 1 is 1.28 bits per heavy atom. The van der Waals surface area contributed by atoms with Crippen LogP contribution >= 0.6 is 11.8 Å². The number of hydrogen-bond acceptors (Lipinski definition) is 5. The molecule has 3 rings (SSSR count). The monoisotopic (exact) mass is 357 g/mol. The molecule has 0 aliphatic rings. The third-order valence-corrected chi connectivity index (χ3v) is 4.65. The van der Waals surface area contributed by atoms with Crippen LogP contribution < -0.4 is 10.1 Å². The maximum absolute atomic E-state index is 12.3. The molecule has 1 unspecified atom stereocenters. The summed E-state index contributed by atoms with van der Waals surface area (Å²) in [6.07, 6.45) is 1.22. The second kappa shape index (κ2) is 7.63. The fourth-order valence-electron chi connectivity index (χ4n) is 2.53. The molecule has 130 valence electrons. The Morgan fingerprint density at radius 2 is 2.04 bits per heavy atom. The first-order valence-electron chi connectivity index (χ1n) is 7.79. The topological polar surface area (TPSA) is 71.7 Å². The van der Waals surface area contributed by atoms with E-state index in [0.717, 1.165) is 15.8 Å². The number of ether oxygens (including phenoxy) is 1. The van der Waals surface area contributed by atoms with Crippen molar-refractivity contribution in [3.05, 3.63) is 59.9 Å². The van der Waals surface area contributed by atoms with E-state index < -0.39 is 6.10 Å². The molecule has 0 aliphatic carbocycles. The van der Waals surface area contributed by atoms with Crippen LogP contribution in [0.5, 0.6) is 5.75 Å². The number of aliphatic hydroxyl groups is 1. The smallest absolute Gasteiger partial charge is 0.287 e. The Balaban J connectivity index is 1.67. The summed E-state index contributed by atoms with van der Waals surface area (Å²) in [5.41, 5.74) is 1.28. The van der Waals surface area contributed by atoms with Crippen LogP contribution in [-0.2, 0) is 0 Å². The molecule has 0 spiro atoms. The summed E-state index contributed by atoms with van der Waals surface area (Å²) in [5, 5.41) is 13.7. The number of rotatable bonds is 6. The summed E-state index contributed by atoms with van der Waals surface area (Å²) in [6.45, 7) is 0.103. The minimum atomic E-state index is -0.779. The Labute approximate surface area is 150 Å². The normalized spacial score (nSPS) is 12.1. The van der Waals surface area contributed by atoms with Crippen molar-refractivity contribution in [3.8, 4) is 5.75 Å². The van der Waals surface area contributed by atoms with Gasteiger partial charge in [-0.15, -0.1) is 11.8 Å². The van der Waals surface area contributed by atoms with Crippen molar-refractivity contribution in [1.82, 2.24) is 5.32 Å². The van der Waals surface area contributed by atoms with Crippen molar-refractivity contribution < 1.29 is 19.1 Å². The number of fused-ring (bicyclic) bond motifs is 1. The highest BCUT2D eigenvalue weighted by molar-refractivity contribution is 7.98. The SMILES string of the molecule is COc1cccc2cc(C(=O)NCC(O)c3ccc(SC)cc3)oc12. The minimum absolute atomic E-state index is 0.103. The molecule has 1 atom stereocenters. The molecule has 2 N–H and O–H groups in total. The molecule has 0 saturated heterocycles. The number of carbonyl (C=O) groups is 1. The largest absolute Gasteiger partial charge is 0.493 e. The lowest BCUT2D eigenvalue weighted by Crippen LogP contribution is -2.28. The van der Waals surface area contributed by atoms with Gasteiger partial charge >= 0.3 is 0 Å². The standard InChI is InChI=1S/C19H19NO4S/c1-23-16-5-3-4-13-10-17(24-18(13)16)19(22)20-11-15(21)12-6-8-14(25-2)9-7-12/h3-10,15,21H,11H2,1-2H3,(H,20,22). The maximum Gasteiger partial charge on any atom is 0.287 e. The highest BCUT2D eigenvalue weighted by atomic mass is 32.2. The summed E-state index contributed by atoms with van der Waals surface area (Å²) < 4.78 is 10.8. The van der Waals surface area contributed by atoms with Gasteiger partial charge in [-0.05, 0) is 36.1 Å². The fourth-order valence-corrected chi connectivity index (χ4v) is 2.94. The lowest BCUT2D eigenvalue weighted by Gasteiger charge is -2.12. The Kier molecular flexibility index (Phi) is 5.31. The highest BCUT2D eigenvalue weighted by Crippen LogP contribution is 2.28. The Bertz CT molecular complexity index is 873. The maximum atomic E-state index is 12.3. The van der Waals surface area contributed by atoms with E-state index in [1.54, 1.807) is 31.0 Å². The van der Waals surface area contributed by atoms with E-state index in [1.165, 1.54) is 0 Å². The van der Waals surface area contributed by atoms with Gasteiger partial charge in [0, 0.05) is 16.8 Å². The van der Waals surface area contributed by atoms with E-state index in [4.69, 9.17) is 9.15 Å². The number of amides is 1. The van der Waals surface area contributed by atoms with Crippen LogP contribution in [0.15, 0.2) is 57.8 Å². The summed E-state index contributed by atoms with van der Waals surface area (Å²) >= 11 is 1.64. The summed E-state index contributed by atoms with van der Waals surface area (Å²) in [4.78, 5) is 13.4. The second-order valence-corrected chi connectivity index (χ2v) is 6.37. The number of hydrogen-bond donors (Lipinski definition) is 2. The molecule has 0 saturated carbocycles. The molecule has 6 heteroatoms. The number of furan rings is 1. The summed E-state index contributed by atoms with van der Waals surface area (Å²) in [6, 6.07) is 14.7. The average Bonchev–Trinajstić information content (AvgIpc) is 3.10. The zero-order valence-corrected chi connectivity index (χ0v) is 14.8. The van der Waals surface area contributed by atoms with Gasteiger partial charge in [-0.3, -0.25) is 4.79 Å². The van der Waals surface area contributed by atoms with Gasteiger partial charge in [0.1, 0.15) is 0 Å². The van der Waals surface area contributed by atoms with E-state index in [9.17, 15) is 9.90 Å². The molecule has 0 aliphatic heterocycles. The molecule has 3 aromatic rings. The molecular weight excluding hydrogens is 338 g/mol. The van der Waals surface area contributed by atoms with Gasteiger partial charge in [0.05, 0.1) is 13.2 Å². The Morgan fingerprint density at radius 3 is 2.72 bits per heavy atom. The lowest BCUT2D eigenvalue weighted by atomic mass is 10.1.